The second kappa shape index (κ2) is 11.7. The van der Waals surface area contributed by atoms with Crippen molar-refractivity contribution < 1.29 is 17.9 Å². The maximum absolute atomic E-state index is 12.6. The standard InChI is InChI=1S/C27H31NO4S/c1-20-9-13-22(14-10-20)24(19-28(33(30)31)25-16-11-21(2)12-17-25)15-18-26(27(29)32-3)23-7-5-4-6-8-23/h4-14,16-17,24,26,33H,15,18-19H2,1-3H3. The topological polar surface area (TPSA) is 63.7 Å². The maximum Gasteiger partial charge on any atom is 0.313 e. The lowest BCUT2D eigenvalue weighted by molar-refractivity contribution is -0.142. The summed E-state index contributed by atoms with van der Waals surface area (Å²) in [6, 6.07) is 25.2. The molecule has 0 aliphatic rings. The van der Waals surface area contributed by atoms with Crippen LogP contribution in [0.25, 0.3) is 0 Å². The van der Waals surface area contributed by atoms with Gasteiger partial charge in [0, 0.05) is 12.5 Å². The van der Waals surface area contributed by atoms with Crippen LogP contribution in [0.15, 0.2) is 78.9 Å². The highest BCUT2D eigenvalue weighted by molar-refractivity contribution is 7.74. The second-order valence-corrected chi connectivity index (χ2v) is 9.29. The molecule has 0 saturated heterocycles. The number of hydrogen-bond donors (Lipinski definition) is 1. The van der Waals surface area contributed by atoms with E-state index in [4.69, 9.17) is 4.74 Å². The van der Waals surface area contributed by atoms with E-state index in [9.17, 15) is 13.2 Å². The number of aryl methyl sites for hydroxylation is 2. The quantitative estimate of drug-likeness (QED) is 0.332. The molecule has 0 aromatic heterocycles. The molecule has 6 heteroatoms. The minimum absolute atomic E-state index is 0.0873. The number of ether oxygens (including phenoxy) is 1. The number of hydrogen-bond acceptors (Lipinski definition) is 4. The molecule has 3 rings (SSSR count). The van der Waals surface area contributed by atoms with Gasteiger partial charge in [-0.2, -0.15) is 0 Å². The Hall–Kier alpha value is -3.12. The van der Waals surface area contributed by atoms with Gasteiger partial charge in [0.15, 0.2) is 0 Å². The van der Waals surface area contributed by atoms with Gasteiger partial charge in [-0.3, -0.25) is 9.10 Å². The molecule has 3 aromatic carbocycles. The molecule has 0 heterocycles. The number of anilines is 1. The Balaban J connectivity index is 1.89. The molecule has 3 aromatic rings. The molecule has 0 radical (unpaired) electrons. The Morgan fingerprint density at radius 3 is 1.94 bits per heavy atom. The molecule has 33 heavy (non-hydrogen) atoms. The van der Waals surface area contributed by atoms with Crippen molar-refractivity contribution in [1.29, 1.82) is 0 Å². The Labute approximate surface area is 198 Å². The molecular formula is C27H31NO4S. The number of carbonyl (C=O) groups is 1. The SMILES string of the molecule is COC(=O)C(CCC(CN(c1ccc(C)cc1)[SH](=O)=O)c1ccc(C)cc1)c1ccccc1. The highest BCUT2D eigenvalue weighted by atomic mass is 32.2. The predicted octanol–water partition coefficient (Wildman–Crippen LogP) is 5.16. The first kappa shape index (κ1) is 24.5. The average Bonchev–Trinajstić information content (AvgIpc) is 2.83. The van der Waals surface area contributed by atoms with Gasteiger partial charge in [0.25, 0.3) is 0 Å². The molecule has 0 fully saturated rings. The summed E-state index contributed by atoms with van der Waals surface area (Å²) >= 11 is 0. The van der Waals surface area contributed by atoms with Crippen molar-refractivity contribution >= 4 is 22.5 Å². The molecule has 174 valence electrons. The third-order valence-electron chi connectivity index (χ3n) is 5.96. The van der Waals surface area contributed by atoms with E-state index in [0.29, 0.717) is 25.1 Å². The molecule has 2 unspecified atom stereocenters. The van der Waals surface area contributed by atoms with Crippen molar-refractivity contribution in [3.8, 4) is 0 Å². The van der Waals surface area contributed by atoms with Crippen LogP contribution in [0.3, 0.4) is 0 Å². The van der Waals surface area contributed by atoms with Crippen molar-refractivity contribution in [2.75, 3.05) is 18.0 Å². The van der Waals surface area contributed by atoms with Gasteiger partial charge < -0.3 is 4.74 Å². The van der Waals surface area contributed by atoms with E-state index >= 15 is 0 Å². The van der Waals surface area contributed by atoms with E-state index in [-0.39, 0.29) is 11.9 Å². The highest BCUT2D eigenvalue weighted by Gasteiger charge is 2.25. The average molecular weight is 466 g/mol. The zero-order valence-electron chi connectivity index (χ0n) is 19.3. The molecule has 5 nitrogen and oxygen atoms in total. The second-order valence-electron chi connectivity index (χ2n) is 8.33. The zero-order valence-corrected chi connectivity index (χ0v) is 20.2. The fourth-order valence-electron chi connectivity index (χ4n) is 4.01. The number of carbonyl (C=O) groups excluding carboxylic acids is 1. The lowest BCUT2D eigenvalue weighted by Crippen LogP contribution is -2.28. The summed E-state index contributed by atoms with van der Waals surface area (Å²) in [7, 11) is -1.42. The van der Waals surface area contributed by atoms with E-state index in [1.807, 2.05) is 92.7 Å². The molecule has 0 amide bonds. The molecule has 0 bridgehead atoms. The Morgan fingerprint density at radius 2 is 1.39 bits per heavy atom. The largest absolute Gasteiger partial charge is 0.469 e. The summed E-state index contributed by atoms with van der Waals surface area (Å²) in [6.45, 7) is 4.29. The third-order valence-corrected chi connectivity index (χ3v) is 6.75. The van der Waals surface area contributed by atoms with E-state index in [0.717, 1.165) is 22.3 Å². The number of rotatable bonds is 10. The summed E-state index contributed by atoms with van der Waals surface area (Å²) in [5.74, 6) is -0.775. The first-order chi connectivity index (χ1) is 15.9. The van der Waals surface area contributed by atoms with Gasteiger partial charge in [0.2, 0.25) is 10.9 Å². The van der Waals surface area contributed by atoms with E-state index < -0.39 is 16.8 Å². The number of methoxy groups -OCH3 is 1. The predicted molar refractivity (Wildman–Crippen MR) is 133 cm³/mol. The molecular weight excluding hydrogens is 434 g/mol. The van der Waals surface area contributed by atoms with Crippen molar-refractivity contribution in [3.63, 3.8) is 0 Å². The van der Waals surface area contributed by atoms with Crippen LogP contribution in [-0.2, 0) is 20.4 Å². The van der Waals surface area contributed by atoms with Crippen LogP contribution < -0.4 is 4.31 Å². The molecule has 0 spiro atoms. The third kappa shape index (κ3) is 6.68. The minimum Gasteiger partial charge on any atom is -0.469 e. The molecule has 0 N–H and O–H groups in total. The number of nitrogens with zero attached hydrogens (tertiary/aromatic N) is 1. The fourth-order valence-corrected chi connectivity index (χ4v) is 4.66. The van der Waals surface area contributed by atoms with Crippen molar-refractivity contribution in [1.82, 2.24) is 0 Å². The normalized spacial score (nSPS) is 12.8. The first-order valence-electron chi connectivity index (χ1n) is 11.1. The maximum atomic E-state index is 12.6. The molecule has 0 saturated carbocycles. The van der Waals surface area contributed by atoms with E-state index in [2.05, 4.69) is 0 Å². The van der Waals surface area contributed by atoms with Gasteiger partial charge in [0.1, 0.15) is 0 Å². The zero-order chi connectivity index (χ0) is 23.8. The minimum atomic E-state index is -2.82. The van der Waals surface area contributed by atoms with Crippen LogP contribution in [0.2, 0.25) is 0 Å². The number of esters is 1. The van der Waals surface area contributed by atoms with Crippen LogP contribution in [0.1, 0.15) is 46.9 Å². The van der Waals surface area contributed by atoms with E-state index in [1.54, 1.807) is 0 Å². The van der Waals surface area contributed by atoms with Crippen LogP contribution in [0, 0.1) is 13.8 Å². The Kier molecular flexibility index (Phi) is 8.66. The summed E-state index contributed by atoms with van der Waals surface area (Å²) < 4.78 is 30.9. The molecule has 0 aliphatic carbocycles. The highest BCUT2D eigenvalue weighted by Crippen LogP contribution is 2.31. The van der Waals surface area contributed by atoms with Crippen molar-refractivity contribution in [2.24, 2.45) is 0 Å². The van der Waals surface area contributed by atoms with Crippen LogP contribution >= 0.6 is 0 Å². The van der Waals surface area contributed by atoms with Crippen molar-refractivity contribution in [2.45, 2.75) is 38.5 Å². The lowest BCUT2D eigenvalue weighted by Gasteiger charge is -2.26. The van der Waals surface area contributed by atoms with E-state index in [1.165, 1.54) is 11.4 Å². The van der Waals surface area contributed by atoms with Crippen molar-refractivity contribution in [3.05, 3.63) is 101 Å². The summed E-state index contributed by atoms with van der Waals surface area (Å²) in [5.41, 5.74) is 4.79. The molecule has 0 aliphatic heterocycles. The molecule has 2 atom stereocenters. The van der Waals surface area contributed by atoms with Gasteiger partial charge in [0.05, 0.1) is 18.7 Å². The smallest absolute Gasteiger partial charge is 0.313 e. The Morgan fingerprint density at radius 1 is 0.818 bits per heavy atom. The van der Waals surface area contributed by atoms with Gasteiger partial charge >= 0.3 is 5.97 Å². The lowest BCUT2D eigenvalue weighted by atomic mass is 9.87. The van der Waals surface area contributed by atoms with Gasteiger partial charge in [-0.15, -0.1) is 0 Å². The summed E-state index contributed by atoms with van der Waals surface area (Å²) in [5, 5.41) is 0. The Bertz CT molecular complexity index is 1100. The monoisotopic (exact) mass is 465 g/mol. The summed E-state index contributed by atoms with van der Waals surface area (Å²) in [4.78, 5) is 12.6. The van der Waals surface area contributed by atoms with Gasteiger partial charge in [-0.05, 0) is 49.9 Å². The van der Waals surface area contributed by atoms with Crippen LogP contribution in [-0.4, -0.2) is 28.0 Å². The first-order valence-corrected chi connectivity index (χ1v) is 12.2. The van der Waals surface area contributed by atoms with Gasteiger partial charge in [-0.25, -0.2) is 8.42 Å². The number of thiol groups is 1. The van der Waals surface area contributed by atoms with Crippen LogP contribution in [0.5, 0.6) is 0 Å². The summed E-state index contributed by atoms with van der Waals surface area (Å²) in [6.07, 6.45) is 1.18. The number of benzene rings is 3. The fraction of sp³-hybridized carbons (Fsp3) is 0.296. The van der Waals surface area contributed by atoms with Crippen LogP contribution in [0.4, 0.5) is 5.69 Å². The van der Waals surface area contributed by atoms with Gasteiger partial charge in [-0.1, -0.05) is 77.9 Å².